The molecule has 0 radical (unpaired) electrons. The van der Waals surface area contributed by atoms with Crippen LogP contribution in [0.15, 0.2) is 58.3 Å². The summed E-state index contributed by atoms with van der Waals surface area (Å²) in [5, 5.41) is 3.94. The summed E-state index contributed by atoms with van der Waals surface area (Å²) in [6.45, 7) is 3.34. The molecule has 0 aromatic heterocycles. The van der Waals surface area contributed by atoms with E-state index >= 15 is 0 Å². The Bertz CT molecular complexity index is 870. The molecule has 24 heavy (non-hydrogen) atoms. The summed E-state index contributed by atoms with van der Waals surface area (Å²) < 4.78 is 26.5. The second-order valence-electron chi connectivity index (χ2n) is 5.98. The topological polar surface area (TPSA) is 46.2 Å². The van der Waals surface area contributed by atoms with Crippen LogP contribution in [-0.4, -0.2) is 21.5 Å². The molecule has 0 atom stereocenters. The third-order valence-electron chi connectivity index (χ3n) is 4.23. The third kappa shape index (κ3) is 3.56. The molecule has 5 heteroatoms. The highest BCUT2D eigenvalue weighted by Crippen LogP contribution is 2.33. The Kier molecular flexibility index (Phi) is 5.09. The molecule has 0 aliphatic carbocycles. The van der Waals surface area contributed by atoms with Crippen molar-refractivity contribution in [3.8, 4) is 0 Å². The van der Waals surface area contributed by atoms with E-state index in [-0.39, 0.29) is 0 Å². The maximum atomic E-state index is 13.2. The monoisotopic (exact) mass is 361 g/mol. The Morgan fingerprint density at radius 3 is 2.42 bits per heavy atom. The van der Waals surface area contributed by atoms with Crippen LogP contribution in [0.25, 0.3) is 5.57 Å². The lowest BCUT2D eigenvalue weighted by Crippen LogP contribution is -2.15. The first kappa shape index (κ1) is 17.2. The van der Waals surface area contributed by atoms with Gasteiger partial charge >= 0.3 is 0 Å². The van der Waals surface area contributed by atoms with E-state index < -0.39 is 9.84 Å². The summed E-state index contributed by atoms with van der Waals surface area (Å²) in [6.07, 6.45) is 1.18. The SMILES string of the molecule is Cc1cccc(S(=O)(=O)C2=C(c3ccc(Cl)cc3)CCNCC2)c1. The molecule has 0 saturated heterocycles. The van der Waals surface area contributed by atoms with Gasteiger partial charge in [0.15, 0.2) is 0 Å². The molecule has 126 valence electrons. The number of nitrogens with one attached hydrogen (secondary N) is 1. The first-order valence-electron chi connectivity index (χ1n) is 7.99. The maximum Gasteiger partial charge on any atom is 0.203 e. The van der Waals surface area contributed by atoms with E-state index in [9.17, 15) is 8.42 Å². The van der Waals surface area contributed by atoms with Crippen LogP contribution in [0.1, 0.15) is 24.0 Å². The zero-order chi connectivity index (χ0) is 17.2. The Morgan fingerprint density at radius 1 is 1.00 bits per heavy atom. The molecule has 0 spiro atoms. The average Bonchev–Trinajstić information content (AvgIpc) is 2.82. The summed E-state index contributed by atoms with van der Waals surface area (Å²) in [7, 11) is -3.51. The van der Waals surface area contributed by atoms with Crippen molar-refractivity contribution in [3.63, 3.8) is 0 Å². The van der Waals surface area contributed by atoms with Crippen LogP contribution in [0, 0.1) is 6.92 Å². The van der Waals surface area contributed by atoms with Gasteiger partial charge in [-0.2, -0.15) is 0 Å². The zero-order valence-corrected chi connectivity index (χ0v) is 15.1. The highest BCUT2D eigenvalue weighted by atomic mass is 35.5. The largest absolute Gasteiger partial charge is 0.316 e. The van der Waals surface area contributed by atoms with Crippen LogP contribution in [0.4, 0.5) is 0 Å². The molecule has 0 bridgehead atoms. The molecule has 1 N–H and O–H groups in total. The van der Waals surface area contributed by atoms with Crippen molar-refractivity contribution >= 4 is 27.0 Å². The highest BCUT2D eigenvalue weighted by molar-refractivity contribution is 7.95. The molecule has 0 fully saturated rings. The number of hydrogen-bond donors (Lipinski definition) is 1. The Hall–Kier alpha value is -1.62. The zero-order valence-electron chi connectivity index (χ0n) is 13.5. The molecule has 3 rings (SSSR count). The maximum absolute atomic E-state index is 13.2. The normalized spacial score (nSPS) is 16.1. The van der Waals surface area contributed by atoms with Crippen molar-refractivity contribution in [1.29, 1.82) is 0 Å². The second kappa shape index (κ2) is 7.09. The van der Waals surface area contributed by atoms with E-state index in [1.165, 1.54) is 0 Å². The van der Waals surface area contributed by atoms with Gasteiger partial charge in [-0.3, -0.25) is 0 Å². The molecule has 1 aliphatic heterocycles. The van der Waals surface area contributed by atoms with Gasteiger partial charge < -0.3 is 5.32 Å². The van der Waals surface area contributed by atoms with Gasteiger partial charge in [0.05, 0.1) is 9.80 Å². The lowest BCUT2D eigenvalue weighted by molar-refractivity contribution is 0.599. The molecule has 3 nitrogen and oxygen atoms in total. The minimum atomic E-state index is -3.51. The second-order valence-corrected chi connectivity index (χ2v) is 8.39. The number of benzene rings is 2. The van der Waals surface area contributed by atoms with Crippen LogP contribution >= 0.6 is 11.6 Å². The Balaban J connectivity index is 2.16. The molecular formula is C19H20ClNO2S. The minimum Gasteiger partial charge on any atom is -0.316 e. The number of aryl methyl sites for hydroxylation is 1. The predicted molar refractivity (Wildman–Crippen MR) is 98.8 cm³/mol. The van der Waals surface area contributed by atoms with E-state index in [1.54, 1.807) is 30.3 Å². The van der Waals surface area contributed by atoms with Gasteiger partial charge in [-0.15, -0.1) is 0 Å². The molecular weight excluding hydrogens is 342 g/mol. The van der Waals surface area contributed by atoms with Crippen LogP contribution < -0.4 is 5.32 Å². The van der Waals surface area contributed by atoms with Gasteiger partial charge in [0.25, 0.3) is 0 Å². The van der Waals surface area contributed by atoms with Crippen molar-refractivity contribution < 1.29 is 8.42 Å². The lowest BCUT2D eigenvalue weighted by atomic mass is 10.0. The number of sulfone groups is 1. The third-order valence-corrected chi connectivity index (χ3v) is 6.46. The fourth-order valence-corrected chi connectivity index (χ4v) is 4.93. The fourth-order valence-electron chi connectivity index (χ4n) is 3.01. The van der Waals surface area contributed by atoms with Gasteiger partial charge in [0.2, 0.25) is 9.84 Å². The van der Waals surface area contributed by atoms with Crippen LogP contribution in [-0.2, 0) is 9.84 Å². The summed E-state index contributed by atoms with van der Waals surface area (Å²) >= 11 is 5.98. The van der Waals surface area contributed by atoms with Crippen molar-refractivity contribution in [2.75, 3.05) is 13.1 Å². The van der Waals surface area contributed by atoms with E-state index in [1.807, 2.05) is 25.1 Å². The van der Waals surface area contributed by atoms with Gasteiger partial charge in [-0.05, 0) is 73.8 Å². The summed E-state index contributed by atoms with van der Waals surface area (Å²) in [5.41, 5.74) is 2.75. The minimum absolute atomic E-state index is 0.367. The fraction of sp³-hybridized carbons (Fsp3) is 0.263. The standard InChI is InChI=1S/C19H20ClNO2S/c1-14-3-2-4-17(13-14)24(22,23)19-10-12-21-11-9-18(19)15-5-7-16(20)8-6-15/h2-8,13,21H,9-12H2,1H3. The van der Waals surface area contributed by atoms with Crippen LogP contribution in [0.5, 0.6) is 0 Å². The van der Waals surface area contributed by atoms with Gasteiger partial charge in [0.1, 0.15) is 0 Å². The van der Waals surface area contributed by atoms with E-state index in [0.717, 1.165) is 23.2 Å². The van der Waals surface area contributed by atoms with E-state index in [2.05, 4.69) is 5.32 Å². The van der Waals surface area contributed by atoms with Crippen LogP contribution in [0.3, 0.4) is 0 Å². The van der Waals surface area contributed by atoms with Crippen LogP contribution in [0.2, 0.25) is 5.02 Å². The quantitative estimate of drug-likeness (QED) is 0.890. The molecule has 0 amide bonds. The van der Waals surface area contributed by atoms with Crippen molar-refractivity contribution in [2.45, 2.75) is 24.7 Å². The highest BCUT2D eigenvalue weighted by Gasteiger charge is 2.26. The Labute approximate surface area is 148 Å². The average molecular weight is 362 g/mol. The molecule has 2 aromatic carbocycles. The Morgan fingerprint density at radius 2 is 1.71 bits per heavy atom. The lowest BCUT2D eigenvalue weighted by Gasteiger charge is -2.14. The number of rotatable bonds is 3. The molecule has 1 heterocycles. The first-order chi connectivity index (χ1) is 11.5. The molecule has 0 saturated carbocycles. The van der Waals surface area contributed by atoms with E-state index in [0.29, 0.717) is 34.2 Å². The van der Waals surface area contributed by atoms with Crippen molar-refractivity contribution in [2.24, 2.45) is 0 Å². The van der Waals surface area contributed by atoms with Gasteiger partial charge in [-0.25, -0.2) is 8.42 Å². The number of halogens is 1. The van der Waals surface area contributed by atoms with Crippen molar-refractivity contribution in [1.82, 2.24) is 5.32 Å². The van der Waals surface area contributed by atoms with Gasteiger partial charge in [0, 0.05) is 5.02 Å². The predicted octanol–water partition coefficient (Wildman–Crippen LogP) is 4.22. The summed E-state index contributed by atoms with van der Waals surface area (Å²) in [5.74, 6) is 0. The van der Waals surface area contributed by atoms with Crippen molar-refractivity contribution in [3.05, 3.63) is 69.6 Å². The molecule has 0 unspecified atom stereocenters. The summed E-state index contributed by atoms with van der Waals surface area (Å²) in [6, 6.07) is 14.5. The smallest absolute Gasteiger partial charge is 0.203 e. The van der Waals surface area contributed by atoms with E-state index in [4.69, 9.17) is 11.6 Å². The van der Waals surface area contributed by atoms with Gasteiger partial charge in [-0.1, -0.05) is 35.9 Å². The summed E-state index contributed by atoms with van der Waals surface area (Å²) in [4.78, 5) is 0.881. The number of hydrogen-bond acceptors (Lipinski definition) is 3. The molecule has 1 aliphatic rings. The molecule has 2 aromatic rings. The first-order valence-corrected chi connectivity index (χ1v) is 9.85.